The number of hydrogen-bond acceptors (Lipinski definition) is 6. The molecule has 8 heteroatoms. The van der Waals surface area contributed by atoms with Crippen LogP contribution >= 0.6 is 9.39 Å². The second-order valence-corrected chi connectivity index (χ2v) is 9.41. The maximum absolute atomic E-state index is 6.27. The van der Waals surface area contributed by atoms with E-state index in [4.69, 9.17) is 23.5 Å². The maximum Gasteiger partial charge on any atom is 0.495 e. The molecule has 0 amide bonds. The Hall–Kier alpha value is -1.63. The van der Waals surface area contributed by atoms with Crippen molar-refractivity contribution < 1.29 is 23.5 Å². The van der Waals surface area contributed by atoms with Crippen LogP contribution < -0.4 is 14.9 Å². The summed E-state index contributed by atoms with van der Waals surface area (Å²) in [5.41, 5.74) is 2.17. The molecule has 3 rings (SSSR count). The van der Waals surface area contributed by atoms with E-state index in [0.717, 1.165) is 34.8 Å². The van der Waals surface area contributed by atoms with Gasteiger partial charge in [0.25, 0.3) is 0 Å². The Balaban J connectivity index is 1.81. The lowest BCUT2D eigenvalue weighted by Gasteiger charge is -2.32. The van der Waals surface area contributed by atoms with Crippen LogP contribution in [0.25, 0.3) is 0 Å². The van der Waals surface area contributed by atoms with Crippen molar-refractivity contribution in [1.82, 2.24) is 0 Å². The van der Waals surface area contributed by atoms with Crippen LogP contribution in [-0.4, -0.2) is 38.3 Å². The van der Waals surface area contributed by atoms with Gasteiger partial charge in [0.15, 0.2) is 0 Å². The van der Waals surface area contributed by atoms with Gasteiger partial charge in [0.1, 0.15) is 18.3 Å². The molecule has 1 unspecified atom stereocenters. The standard InChI is InChI=1S/C24H35BNO5P/c1-7-26(32)19-9-11-20(12-10-19)29-21-13-14-22(18(15-21)16-28-17-27-8-2)25-30-23(3,4)24(5,6)31-25/h9-15H,7-8,16-17,32H2,1-6H3. The van der Waals surface area contributed by atoms with Crippen molar-refractivity contribution in [2.75, 3.05) is 24.6 Å². The van der Waals surface area contributed by atoms with Gasteiger partial charge in [0, 0.05) is 18.8 Å². The second-order valence-electron chi connectivity index (χ2n) is 8.79. The fraction of sp³-hybridized carbons (Fsp3) is 0.500. The second kappa shape index (κ2) is 10.5. The van der Waals surface area contributed by atoms with E-state index in [1.165, 1.54) is 0 Å². The van der Waals surface area contributed by atoms with Crippen LogP contribution in [0.4, 0.5) is 5.69 Å². The third-order valence-corrected chi connectivity index (χ3v) is 6.66. The average molecular weight is 459 g/mol. The van der Waals surface area contributed by atoms with E-state index in [9.17, 15) is 0 Å². The van der Waals surface area contributed by atoms with Crippen LogP contribution in [0, 0.1) is 0 Å². The summed E-state index contributed by atoms with van der Waals surface area (Å²) in [4.78, 5) is 0. The van der Waals surface area contributed by atoms with Crippen LogP contribution in [0.2, 0.25) is 0 Å². The number of benzene rings is 2. The first kappa shape index (κ1) is 25.0. The molecule has 6 nitrogen and oxygen atoms in total. The maximum atomic E-state index is 6.27. The first-order chi connectivity index (χ1) is 15.2. The van der Waals surface area contributed by atoms with Crippen molar-refractivity contribution in [3.8, 4) is 11.5 Å². The SMILES string of the molecule is CCOCOCc1cc(Oc2ccc(N(P)CC)cc2)ccc1B1OC(C)(C)C(C)(C)O1. The van der Waals surface area contributed by atoms with E-state index in [1.54, 1.807) is 0 Å². The molecule has 1 fully saturated rings. The molecule has 1 atom stereocenters. The minimum atomic E-state index is -0.471. The van der Waals surface area contributed by atoms with Crippen molar-refractivity contribution in [1.29, 1.82) is 0 Å². The summed E-state index contributed by atoms with van der Waals surface area (Å²) in [6.45, 7) is 14.4. The molecule has 0 N–H and O–H groups in total. The van der Waals surface area contributed by atoms with Gasteiger partial charge in [0.2, 0.25) is 0 Å². The van der Waals surface area contributed by atoms with Crippen molar-refractivity contribution >= 4 is 27.7 Å². The molecule has 0 bridgehead atoms. The average Bonchev–Trinajstić information content (AvgIpc) is 2.98. The molecule has 2 aromatic rings. The Bertz CT molecular complexity index is 874. The van der Waals surface area contributed by atoms with E-state index < -0.39 is 18.3 Å². The third kappa shape index (κ3) is 5.83. The molecule has 0 spiro atoms. The minimum absolute atomic E-state index is 0.231. The van der Waals surface area contributed by atoms with Crippen molar-refractivity contribution in [2.45, 2.75) is 59.4 Å². The highest BCUT2D eigenvalue weighted by Gasteiger charge is 2.52. The summed E-state index contributed by atoms with van der Waals surface area (Å²) in [5, 5.41) is 0. The largest absolute Gasteiger partial charge is 0.495 e. The molecular formula is C24H35BNO5P. The van der Waals surface area contributed by atoms with Gasteiger partial charge < -0.3 is 28.2 Å². The number of nitrogens with zero attached hydrogens (tertiary/aromatic N) is 1. The molecule has 174 valence electrons. The highest BCUT2D eigenvalue weighted by molar-refractivity contribution is 7.19. The predicted octanol–water partition coefficient (Wildman–Crippen LogP) is 4.91. The van der Waals surface area contributed by atoms with Gasteiger partial charge in [-0.1, -0.05) is 6.07 Å². The zero-order chi connectivity index (χ0) is 23.4. The fourth-order valence-electron chi connectivity index (χ4n) is 3.29. The van der Waals surface area contributed by atoms with Gasteiger partial charge in [-0.05, 0) is 98.4 Å². The van der Waals surface area contributed by atoms with E-state index >= 15 is 0 Å². The third-order valence-electron chi connectivity index (χ3n) is 5.99. The van der Waals surface area contributed by atoms with Gasteiger partial charge >= 0.3 is 7.12 Å². The molecule has 0 saturated carbocycles. The van der Waals surface area contributed by atoms with Crippen molar-refractivity contribution in [2.24, 2.45) is 0 Å². The number of ether oxygens (including phenoxy) is 3. The minimum Gasteiger partial charge on any atom is -0.457 e. The number of rotatable bonds is 10. The van der Waals surface area contributed by atoms with E-state index in [0.29, 0.717) is 13.2 Å². The van der Waals surface area contributed by atoms with Crippen LogP contribution in [0.3, 0.4) is 0 Å². The van der Waals surface area contributed by atoms with Crippen molar-refractivity contribution in [3.63, 3.8) is 0 Å². The number of anilines is 1. The van der Waals surface area contributed by atoms with E-state index in [-0.39, 0.29) is 6.79 Å². The zero-order valence-electron chi connectivity index (χ0n) is 20.0. The lowest BCUT2D eigenvalue weighted by molar-refractivity contribution is -0.0570. The Morgan fingerprint density at radius 3 is 2.12 bits per heavy atom. The summed E-state index contributed by atoms with van der Waals surface area (Å²) in [7, 11) is 2.24. The first-order valence-corrected chi connectivity index (χ1v) is 11.6. The summed E-state index contributed by atoms with van der Waals surface area (Å²) >= 11 is 0. The molecular weight excluding hydrogens is 424 g/mol. The van der Waals surface area contributed by atoms with Crippen molar-refractivity contribution in [3.05, 3.63) is 48.0 Å². The molecule has 1 aliphatic heterocycles. The van der Waals surface area contributed by atoms with Gasteiger partial charge in [-0.15, -0.1) is 0 Å². The Morgan fingerprint density at radius 2 is 1.53 bits per heavy atom. The topological polar surface area (TPSA) is 49.4 Å². The lowest BCUT2D eigenvalue weighted by Crippen LogP contribution is -2.41. The van der Waals surface area contributed by atoms with E-state index in [2.05, 4.69) is 21.0 Å². The quantitative estimate of drug-likeness (QED) is 0.218. The smallest absolute Gasteiger partial charge is 0.457 e. The van der Waals surface area contributed by atoms with Gasteiger partial charge in [-0.2, -0.15) is 0 Å². The zero-order valence-corrected chi connectivity index (χ0v) is 21.2. The summed E-state index contributed by atoms with van der Waals surface area (Å²) < 4.78 is 31.8. The molecule has 0 aliphatic carbocycles. The molecule has 1 aliphatic rings. The molecule has 2 aromatic carbocycles. The van der Waals surface area contributed by atoms with Gasteiger partial charge in [0.05, 0.1) is 17.8 Å². The normalized spacial score (nSPS) is 16.9. The van der Waals surface area contributed by atoms with Crippen LogP contribution in [0.5, 0.6) is 11.5 Å². The highest BCUT2D eigenvalue weighted by Crippen LogP contribution is 2.37. The summed E-state index contributed by atoms with van der Waals surface area (Å²) in [6.07, 6.45) is 0. The highest BCUT2D eigenvalue weighted by atomic mass is 31.0. The Labute approximate surface area is 194 Å². The monoisotopic (exact) mass is 459 g/mol. The Kier molecular flexibility index (Phi) is 8.23. The van der Waals surface area contributed by atoms with Gasteiger partial charge in [-0.3, -0.25) is 0 Å². The van der Waals surface area contributed by atoms with Crippen LogP contribution in [0.15, 0.2) is 42.5 Å². The molecule has 1 heterocycles. The summed E-state index contributed by atoms with van der Waals surface area (Å²) in [6, 6.07) is 13.9. The Morgan fingerprint density at radius 1 is 0.906 bits per heavy atom. The summed E-state index contributed by atoms with van der Waals surface area (Å²) in [5.74, 6) is 1.50. The predicted molar refractivity (Wildman–Crippen MR) is 133 cm³/mol. The van der Waals surface area contributed by atoms with Gasteiger partial charge in [-0.25, -0.2) is 0 Å². The van der Waals surface area contributed by atoms with Crippen LogP contribution in [-0.2, 0) is 25.4 Å². The van der Waals surface area contributed by atoms with E-state index in [1.807, 2.05) is 77.1 Å². The molecule has 0 aromatic heterocycles. The number of hydrogen-bond donors (Lipinski definition) is 0. The fourth-order valence-corrected chi connectivity index (χ4v) is 3.46. The molecule has 0 radical (unpaired) electrons. The molecule has 1 saturated heterocycles. The molecule has 32 heavy (non-hydrogen) atoms. The van der Waals surface area contributed by atoms with Crippen LogP contribution in [0.1, 0.15) is 47.1 Å². The lowest BCUT2D eigenvalue weighted by atomic mass is 9.76. The first-order valence-electron chi connectivity index (χ1n) is 11.1.